The van der Waals surface area contributed by atoms with Gasteiger partial charge in [0.05, 0.1) is 11.8 Å². The van der Waals surface area contributed by atoms with Crippen molar-refractivity contribution in [2.45, 2.75) is 44.9 Å². The first kappa shape index (κ1) is 19.9. The molecule has 1 aromatic carbocycles. The van der Waals surface area contributed by atoms with Crippen molar-refractivity contribution in [1.29, 1.82) is 0 Å². The molecular formula is C23H28N2O4. The van der Waals surface area contributed by atoms with Crippen LogP contribution in [0.25, 0.3) is 0 Å². The van der Waals surface area contributed by atoms with Crippen molar-refractivity contribution in [1.82, 2.24) is 9.88 Å². The molecule has 1 aromatic heterocycles. The number of piperidine rings is 1. The molecule has 154 valence electrons. The molecule has 0 bridgehead atoms. The van der Waals surface area contributed by atoms with Crippen molar-refractivity contribution in [2.75, 3.05) is 13.1 Å². The maximum Gasteiger partial charge on any atom is 0.313 e. The fourth-order valence-corrected chi connectivity index (χ4v) is 4.22. The topological polar surface area (TPSA) is 82.9 Å². The van der Waals surface area contributed by atoms with Gasteiger partial charge < -0.3 is 14.9 Å². The van der Waals surface area contributed by atoms with Crippen LogP contribution in [0, 0.1) is 11.3 Å². The summed E-state index contributed by atoms with van der Waals surface area (Å²) in [5.41, 5.74) is 0.951. The van der Waals surface area contributed by atoms with Crippen LogP contribution in [-0.4, -0.2) is 45.3 Å². The number of hydrogen-bond donors (Lipinski definition) is 2. The second kappa shape index (κ2) is 8.51. The van der Waals surface area contributed by atoms with Crippen LogP contribution in [0.3, 0.4) is 0 Å². The van der Waals surface area contributed by atoms with Crippen molar-refractivity contribution in [3.63, 3.8) is 0 Å². The summed E-state index contributed by atoms with van der Waals surface area (Å²) in [6.45, 7) is 2.20. The maximum atomic E-state index is 12.1. The molecular weight excluding hydrogens is 368 g/mol. The van der Waals surface area contributed by atoms with Crippen molar-refractivity contribution in [3.8, 4) is 5.75 Å². The number of ether oxygens (including phenoxy) is 1. The number of pyridine rings is 1. The Labute approximate surface area is 171 Å². The van der Waals surface area contributed by atoms with Crippen LogP contribution in [0.1, 0.15) is 36.9 Å². The van der Waals surface area contributed by atoms with E-state index in [4.69, 9.17) is 4.74 Å². The quantitative estimate of drug-likeness (QED) is 0.713. The van der Waals surface area contributed by atoms with Gasteiger partial charge in [0.1, 0.15) is 17.8 Å². The van der Waals surface area contributed by atoms with Gasteiger partial charge in [-0.05, 0) is 48.6 Å². The van der Waals surface area contributed by atoms with Gasteiger partial charge in [0.15, 0.2) is 0 Å². The lowest BCUT2D eigenvalue weighted by molar-refractivity contribution is -0.165. The van der Waals surface area contributed by atoms with Crippen molar-refractivity contribution in [3.05, 3.63) is 59.9 Å². The fourth-order valence-electron chi connectivity index (χ4n) is 4.22. The lowest BCUT2D eigenvalue weighted by atomic mass is 9.73. The monoisotopic (exact) mass is 396 g/mol. The van der Waals surface area contributed by atoms with Crippen LogP contribution < -0.4 is 4.74 Å². The van der Waals surface area contributed by atoms with E-state index in [0.29, 0.717) is 45.0 Å². The summed E-state index contributed by atoms with van der Waals surface area (Å²) in [5, 5.41) is 20.4. The van der Waals surface area contributed by atoms with Crippen LogP contribution in [0.5, 0.6) is 5.75 Å². The molecule has 1 aliphatic carbocycles. The molecule has 6 heteroatoms. The first-order valence-electron chi connectivity index (χ1n) is 10.3. The van der Waals surface area contributed by atoms with Gasteiger partial charge in [-0.1, -0.05) is 31.0 Å². The number of aromatic nitrogens is 1. The number of hydrogen-bond acceptors (Lipinski definition) is 5. The van der Waals surface area contributed by atoms with Gasteiger partial charge in [-0.2, -0.15) is 0 Å². The van der Waals surface area contributed by atoms with E-state index in [0.717, 1.165) is 29.8 Å². The van der Waals surface area contributed by atoms with E-state index in [1.54, 1.807) is 6.20 Å². The summed E-state index contributed by atoms with van der Waals surface area (Å²) in [7, 11) is 0. The second-order valence-corrected chi connectivity index (χ2v) is 8.38. The Balaban J connectivity index is 1.36. The van der Waals surface area contributed by atoms with Crippen LogP contribution in [0.15, 0.2) is 48.7 Å². The first-order valence-corrected chi connectivity index (χ1v) is 10.3. The minimum absolute atomic E-state index is 0.401. The number of carboxylic acids is 1. The Morgan fingerprint density at radius 2 is 1.97 bits per heavy atom. The number of carboxylic acid groups (broad SMARTS) is 1. The maximum absolute atomic E-state index is 12.1. The number of aliphatic hydroxyl groups is 1. The second-order valence-electron chi connectivity index (χ2n) is 8.38. The summed E-state index contributed by atoms with van der Waals surface area (Å²) in [6, 6.07) is 13.6. The van der Waals surface area contributed by atoms with Gasteiger partial charge in [0, 0.05) is 25.8 Å². The molecule has 0 amide bonds. The number of benzene rings is 1. The smallest absolute Gasteiger partial charge is 0.313 e. The van der Waals surface area contributed by atoms with Crippen LogP contribution >= 0.6 is 0 Å². The van der Waals surface area contributed by atoms with E-state index in [-0.39, 0.29) is 0 Å². The molecule has 4 rings (SSSR count). The molecule has 2 fully saturated rings. The molecule has 2 aliphatic rings. The summed E-state index contributed by atoms with van der Waals surface area (Å²) in [4.78, 5) is 18.5. The van der Waals surface area contributed by atoms with Crippen LogP contribution in [0.2, 0.25) is 0 Å². The van der Waals surface area contributed by atoms with Gasteiger partial charge in [-0.25, -0.2) is 0 Å². The predicted octanol–water partition coefficient (Wildman–Crippen LogP) is 3.10. The highest BCUT2D eigenvalue weighted by atomic mass is 16.5. The van der Waals surface area contributed by atoms with E-state index < -0.39 is 17.5 Å². The number of aliphatic hydroxyl groups excluding tert-OH is 1. The summed E-state index contributed by atoms with van der Waals surface area (Å²) in [5.74, 6) is 0.373. The van der Waals surface area contributed by atoms with E-state index in [9.17, 15) is 15.0 Å². The van der Waals surface area contributed by atoms with Gasteiger partial charge in [-0.15, -0.1) is 0 Å². The zero-order valence-electron chi connectivity index (χ0n) is 16.5. The SMILES string of the molecule is O=C(O)[C@]1(CC2CC2)CN(Cc2ccc(OCc3ccccn3)cc2)CC[C@@H]1O. The average Bonchev–Trinajstić information content (AvgIpc) is 3.54. The van der Waals surface area contributed by atoms with Gasteiger partial charge in [0.25, 0.3) is 0 Å². The molecule has 6 nitrogen and oxygen atoms in total. The highest BCUT2D eigenvalue weighted by molar-refractivity contribution is 5.76. The minimum atomic E-state index is -1.04. The lowest BCUT2D eigenvalue weighted by Gasteiger charge is -2.43. The normalized spacial score (nSPS) is 24.9. The Kier molecular flexibility index (Phi) is 5.83. The molecule has 2 N–H and O–H groups in total. The van der Waals surface area contributed by atoms with E-state index in [2.05, 4.69) is 9.88 Å². The molecule has 0 unspecified atom stereocenters. The van der Waals surface area contributed by atoms with Gasteiger partial charge in [0.2, 0.25) is 0 Å². The highest BCUT2D eigenvalue weighted by Gasteiger charge is 2.51. The largest absolute Gasteiger partial charge is 0.487 e. The number of nitrogens with zero attached hydrogens (tertiary/aromatic N) is 2. The van der Waals surface area contributed by atoms with E-state index >= 15 is 0 Å². The molecule has 0 spiro atoms. The zero-order chi connectivity index (χ0) is 20.3. The van der Waals surface area contributed by atoms with Gasteiger partial charge in [-0.3, -0.25) is 14.7 Å². The van der Waals surface area contributed by atoms with Crippen LogP contribution in [-0.2, 0) is 17.9 Å². The number of carbonyl (C=O) groups is 1. The number of rotatable bonds is 8. The summed E-state index contributed by atoms with van der Waals surface area (Å²) < 4.78 is 5.78. The first-order chi connectivity index (χ1) is 14.0. The van der Waals surface area contributed by atoms with Crippen molar-refractivity contribution < 1.29 is 19.7 Å². The Morgan fingerprint density at radius 1 is 1.17 bits per heavy atom. The zero-order valence-corrected chi connectivity index (χ0v) is 16.5. The standard InChI is InChI=1S/C23H28N2O4/c26-21-10-12-25(16-23(21,22(27)28)13-17-4-5-17)14-18-6-8-20(9-7-18)29-15-19-3-1-2-11-24-19/h1-3,6-9,11,17,21,26H,4-5,10,12-16H2,(H,27,28)/t21-,23+/m0/s1. The van der Waals surface area contributed by atoms with E-state index in [1.807, 2.05) is 42.5 Å². The van der Waals surface area contributed by atoms with Crippen molar-refractivity contribution >= 4 is 5.97 Å². The molecule has 29 heavy (non-hydrogen) atoms. The third-order valence-electron chi connectivity index (χ3n) is 6.08. The molecule has 1 saturated heterocycles. The van der Waals surface area contributed by atoms with E-state index in [1.165, 1.54) is 0 Å². The third kappa shape index (κ3) is 4.77. The molecule has 1 aliphatic heterocycles. The molecule has 1 saturated carbocycles. The minimum Gasteiger partial charge on any atom is -0.487 e. The predicted molar refractivity (Wildman–Crippen MR) is 108 cm³/mol. The molecule has 2 atom stereocenters. The molecule has 0 radical (unpaired) electrons. The van der Waals surface area contributed by atoms with Gasteiger partial charge >= 0.3 is 5.97 Å². The Bertz CT molecular complexity index is 823. The number of aliphatic carboxylic acids is 1. The third-order valence-corrected chi connectivity index (χ3v) is 6.08. The highest BCUT2D eigenvalue weighted by Crippen LogP contribution is 2.45. The Hall–Kier alpha value is -2.44. The summed E-state index contributed by atoms with van der Waals surface area (Å²) in [6.07, 6.45) is 4.24. The summed E-state index contributed by atoms with van der Waals surface area (Å²) >= 11 is 0. The number of likely N-dealkylation sites (tertiary alicyclic amines) is 1. The Morgan fingerprint density at radius 3 is 2.62 bits per heavy atom. The van der Waals surface area contributed by atoms with Crippen LogP contribution in [0.4, 0.5) is 0 Å². The average molecular weight is 396 g/mol. The molecule has 2 aromatic rings. The van der Waals surface area contributed by atoms with Crippen molar-refractivity contribution in [2.24, 2.45) is 11.3 Å². The molecule has 2 heterocycles. The lowest BCUT2D eigenvalue weighted by Crippen LogP contribution is -2.55. The fraction of sp³-hybridized carbons (Fsp3) is 0.478.